The first kappa shape index (κ1) is 13.1. The van der Waals surface area contributed by atoms with E-state index in [0.29, 0.717) is 5.69 Å². The van der Waals surface area contributed by atoms with Gasteiger partial charge in [0.1, 0.15) is 11.4 Å². The van der Waals surface area contributed by atoms with Crippen molar-refractivity contribution in [3.63, 3.8) is 0 Å². The number of hydrogen-bond donors (Lipinski definition) is 1. The monoisotopic (exact) mass is 280 g/mol. The van der Waals surface area contributed by atoms with Gasteiger partial charge in [-0.25, -0.2) is 0 Å². The van der Waals surface area contributed by atoms with E-state index in [-0.39, 0.29) is 30.1 Å². The van der Waals surface area contributed by atoms with E-state index in [1.165, 1.54) is 6.20 Å². The van der Waals surface area contributed by atoms with Gasteiger partial charge in [0.2, 0.25) is 0 Å². The van der Waals surface area contributed by atoms with Gasteiger partial charge in [-0.3, -0.25) is 14.7 Å². The number of Topliss-reactive ketones (excluding diaryl/α,β-unsaturated/α-hetero) is 2. The lowest BCUT2D eigenvalue weighted by Gasteiger charge is -1.98. The van der Waals surface area contributed by atoms with Crippen molar-refractivity contribution in [3.8, 4) is 0 Å². The van der Waals surface area contributed by atoms with E-state index in [9.17, 15) is 9.59 Å². The van der Waals surface area contributed by atoms with Crippen molar-refractivity contribution in [3.05, 3.63) is 54.0 Å². The fourth-order valence-corrected chi connectivity index (χ4v) is 2.10. The maximum Gasteiger partial charge on any atom is 0.184 e. The Morgan fingerprint density at radius 1 is 1.00 bits per heavy atom. The molecule has 2 heterocycles. The summed E-state index contributed by atoms with van der Waals surface area (Å²) in [5, 5.41) is 15.0. The lowest BCUT2D eigenvalue weighted by Crippen LogP contribution is -2.07. The van der Waals surface area contributed by atoms with Crippen LogP contribution in [0.1, 0.15) is 33.8 Å². The number of aromatic amines is 1. The smallest absolute Gasteiger partial charge is 0.184 e. The first-order valence-corrected chi connectivity index (χ1v) is 6.53. The summed E-state index contributed by atoms with van der Waals surface area (Å²) in [5.74, 6) is -0.360. The largest absolute Gasteiger partial charge is 0.292 e. The number of H-pyrrole nitrogens is 1. The topological polar surface area (TPSA) is 88.6 Å². The van der Waals surface area contributed by atoms with Crippen LogP contribution in [0.25, 0.3) is 10.9 Å². The van der Waals surface area contributed by atoms with E-state index in [2.05, 4.69) is 20.4 Å². The molecule has 0 amide bonds. The van der Waals surface area contributed by atoms with Crippen LogP contribution in [0.4, 0.5) is 0 Å². The molecule has 0 aliphatic heterocycles. The molecule has 0 fully saturated rings. The second-order valence-electron chi connectivity index (χ2n) is 4.57. The molecule has 0 aliphatic rings. The summed E-state index contributed by atoms with van der Waals surface area (Å²) in [7, 11) is 0. The third kappa shape index (κ3) is 2.69. The SMILES string of the molecule is O=C(CCC(=O)c1n[nH]c2ccccc12)c1cccnn1. The van der Waals surface area contributed by atoms with Crippen molar-refractivity contribution in [2.45, 2.75) is 12.8 Å². The number of fused-ring (bicyclic) bond motifs is 1. The average Bonchev–Trinajstić information content (AvgIpc) is 2.97. The van der Waals surface area contributed by atoms with E-state index >= 15 is 0 Å². The van der Waals surface area contributed by atoms with Gasteiger partial charge in [0.05, 0.1) is 5.52 Å². The molecular weight excluding hydrogens is 268 g/mol. The standard InChI is InChI=1S/C15H12N4O2/c20-13(12-6-3-9-16-17-12)7-8-14(21)15-10-4-1-2-5-11(10)18-19-15/h1-6,9H,7-8H2,(H,18,19). The summed E-state index contributed by atoms with van der Waals surface area (Å²) in [6.07, 6.45) is 1.70. The van der Waals surface area contributed by atoms with Crippen LogP contribution in [0.15, 0.2) is 42.6 Å². The Morgan fingerprint density at radius 2 is 1.81 bits per heavy atom. The summed E-state index contributed by atoms with van der Waals surface area (Å²) in [5.41, 5.74) is 1.45. The summed E-state index contributed by atoms with van der Waals surface area (Å²) < 4.78 is 0. The molecule has 0 saturated heterocycles. The van der Waals surface area contributed by atoms with Gasteiger partial charge in [0.25, 0.3) is 0 Å². The van der Waals surface area contributed by atoms with Gasteiger partial charge in [-0.1, -0.05) is 18.2 Å². The summed E-state index contributed by atoms with van der Waals surface area (Å²) >= 11 is 0. The van der Waals surface area contributed by atoms with Crippen LogP contribution >= 0.6 is 0 Å². The quantitative estimate of drug-likeness (QED) is 0.724. The van der Waals surface area contributed by atoms with Gasteiger partial charge >= 0.3 is 0 Å². The predicted octanol–water partition coefficient (Wildman–Crippen LogP) is 2.20. The molecule has 104 valence electrons. The Morgan fingerprint density at radius 3 is 2.62 bits per heavy atom. The highest BCUT2D eigenvalue weighted by molar-refractivity contribution is 6.07. The molecule has 0 atom stereocenters. The second kappa shape index (κ2) is 5.62. The van der Waals surface area contributed by atoms with Crippen molar-refractivity contribution in [1.29, 1.82) is 0 Å². The first-order valence-electron chi connectivity index (χ1n) is 6.53. The van der Waals surface area contributed by atoms with Crippen LogP contribution in [0, 0.1) is 0 Å². The maximum atomic E-state index is 12.2. The molecule has 6 nitrogen and oxygen atoms in total. The zero-order valence-electron chi connectivity index (χ0n) is 11.1. The van der Waals surface area contributed by atoms with Gasteiger partial charge in [-0.2, -0.15) is 10.2 Å². The van der Waals surface area contributed by atoms with Crippen LogP contribution in [0.2, 0.25) is 0 Å². The highest BCUT2D eigenvalue weighted by Crippen LogP contribution is 2.17. The predicted molar refractivity (Wildman–Crippen MR) is 76.0 cm³/mol. The second-order valence-corrected chi connectivity index (χ2v) is 4.57. The van der Waals surface area contributed by atoms with Crippen LogP contribution in [0.3, 0.4) is 0 Å². The molecule has 0 spiro atoms. The van der Waals surface area contributed by atoms with Gasteiger partial charge in [-0.05, 0) is 18.2 Å². The van der Waals surface area contributed by atoms with Gasteiger partial charge in [0.15, 0.2) is 11.6 Å². The highest BCUT2D eigenvalue weighted by Gasteiger charge is 2.16. The summed E-state index contributed by atoms with van der Waals surface area (Å²) in [4.78, 5) is 24.1. The number of carbonyl (C=O) groups excluding carboxylic acids is 2. The lowest BCUT2D eigenvalue weighted by molar-refractivity contribution is 0.0912. The number of benzene rings is 1. The number of aromatic nitrogens is 4. The molecule has 0 unspecified atom stereocenters. The number of carbonyl (C=O) groups is 2. The van der Waals surface area contributed by atoms with Crippen LogP contribution in [-0.4, -0.2) is 32.0 Å². The third-order valence-electron chi connectivity index (χ3n) is 3.17. The fourth-order valence-electron chi connectivity index (χ4n) is 2.10. The zero-order valence-corrected chi connectivity index (χ0v) is 11.1. The van der Waals surface area contributed by atoms with Crippen molar-refractivity contribution >= 4 is 22.5 Å². The first-order chi connectivity index (χ1) is 10.3. The minimum Gasteiger partial charge on any atom is -0.292 e. The Balaban J connectivity index is 1.71. The van der Waals surface area contributed by atoms with Crippen molar-refractivity contribution in [1.82, 2.24) is 20.4 Å². The molecule has 0 saturated carbocycles. The number of nitrogens with one attached hydrogen (secondary N) is 1. The van der Waals surface area contributed by atoms with Gasteiger partial charge in [0, 0.05) is 24.4 Å². The van der Waals surface area contributed by atoms with Crippen LogP contribution in [0.5, 0.6) is 0 Å². The summed E-state index contributed by atoms with van der Waals surface area (Å²) in [6, 6.07) is 10.6. The molecule has 1 N–H and O–H groups in total. The normalized spacial score (nSPS) is 10.7. The van der Waals surface area contributed by atoms with E-state index in [1.54, 1.807) is 12.1 Å². The Hall–Kier alpha value is -2.89. The van der Waals surface area contributed by atoms with E-state index in [4.69, 9.17) is 0 Å². The lowest BCUT2D eigenvalue weighted by atomic mass is 10.1. The third-order valence-corrected chi connectivity index (χ3v) is 3.17. The maximum absolute atomic E-state index is 12.2. The molecule has 3 rings (SSSR count). The Bertz CT molecular complexity index is 796. The molecular formula is C15H12N4O2. The van der Waals surface area contributed by atoms with Crippen LogP contribution in [-0.2, 0) is 0 Å². The molecule has 6 heteroatoms. The number of ketones is 2. The van der Waals surface area contributed by atoms with Crippen LogP contribution < -0.4 is 0 Å². The number of nitrogens with zero attached hydrogens (tertiary/aromatic N) is 3. The molecule has 1 aromatic carbocycles. The Kier molecular flexibility index (Phi) is 3.51. The van der Waals surface area contributed by atoms with Gasteiger partial charge < -0.3 is 0 Å². The number of hydrogen-bond acceptors (Lipinski definition) is 5. The van der Waals surface area contributed by atoms with E-state index in [1.807, 2.05) is 24.3 Å². The minimum absolute atomic E-state index is 0.0959. The van der Waals surface area contributed by atoms with E-state index in [0.717, 1.165) is 10.9 Å². The van der Waals surface area contributed by atoms with Crippen molar-refractivity contribution in [2.75, 3.05) is 0 Å². The fraction of sp³-hybridized carbons (Fsp3) is 0.133. The molecule has 2 aromatic heterocycles. The average molecular weight is 280 g/mol. The molecule has 0 radical (unpaired) electrons. The summed E-state index contributed by atoms with van der Waals surface area (Å²) in [6.45, 7) is 0. The van der Waals surface area contributed by atoms with Gasteiger partial charge in [-0.15, -0.1) is 5.10 Å². The molecule has 0 aliphatic carbocycles. The molecule has 3 aromatic rings. The minimum atomic E-state index is -0.198. The highest BCUT2D eigenvalue weighted by atomic mass is 16.1. The molecule has 21 heavy (non-hydrogen) atoms. The van der Waals surface area contributed by atoms with Crippen molar-refractivity contribution in [2.24, 2.45) is 0 Å². The zero-order chi connectivity index (χ0) is 14.7. The van der Waals surface area contributed by atoms with E-state index < -0.39 is 0 Å². The number of para-hydroxylation sites is 1. The Labute approximate surface area is 120 Å². The molecule has 0 bridgehead atoms. The number of rotatable bonds is 5. The van der Waals surface area contributed by atoms with Crippen molar-refractivity contribution < 1.29 is 9.59 Å².